The van der Waals surface area contributed by atoms with Crippen LogP contribution in [0.2, 0.25) is 0 Å². The minimum atomic E-state index is -1.01. The van der Waals surface area contributed by atoms with Crippen molar-refractivity contribution in [2.45, 2.75) is 32.6 Å². The van der Waals surface area contributed by atoms with Crippen LogP contribution in [0.5, 0.6) is 0 Å². The molecular weight excluding hydrogens is 252 g/mol. The molecule has 1 heterocycles. The van der Waals surface area contributed by atoms with Gasteiger partial charge in [0.25, 0.3) is 0 Å². The molecule has 1 N–H and O–H groups in total. The molecule has 0 atom stereocenters. The predicted octanol–water partition coefficient (Wildman–Crippen LogP) is 1.53. The molecule has 0 aliphatic heterocycles. The number of aromatic nitrogens is 1. The standard InChI is InChI=1S/C12H18N2O3S/c1-12(2,3)11-13-8(7-18-11)5-9(15)14(4)6-10(16)17/h7H,5-6H2,1-4H3,(H,16,17). The highest BCUT2D eigenvalue weighted by Gasteiger charge is 2.20. The SMILES string of the molecule is CN(CC(=O)O)C(=O)Cc1csc(C(C)(C)C)n1. The normalized spacial score (nSPS) is 11.3. The lowest BCUT2D eigenvalue weighted by atomic mass is 9.98. The number of rotatable bonds is 4. The van der Waals surface area contributed by atoms with Crippen LogP contribution in [0.3, 0.4) is 0 Å². The lowest BCUT2D eigenvalue weighted by Crippen LogP contribution is -2.33. The molecule has 0 unspecified atom stereocenters. The molecule has 0 fully saturated rings. The molecule has 5 nitrogen and oxygen atoms in total. The maximum Gasteiger partial charge on any atom is 0.323 e. The summed E-state index contributed by atoms with van der Waals surface area (Å²) in [6.07, 6.45) is 0.149. The molecule has 0 saturated heterocycles. The monoisotopic (exact) mass is 270 g/mol. The summed E-state index contributed by atoms with van der Waals surface area (Å²) in [5.41, 5.74) is 0.672. The van der Waals surface area contributed by atoms with Crippen LogP contribution in [-0.4, -0.2) is 40.5 Å². The van der Waals surface area contributed by atoms with Crippen LogP contribution in [0.15, 0.2) is 5.38 Å². The van der Waals surface area contributed by atoms with Gasteiger partial charge in [-0.1, -0.05) is 20.8 Å². The number of nitrogens with zero attached hydrogens (tertiary/aromatic N) is 2. The quantitative estimate of drug-likeness (QED) is 0.900. The van der Waals surface area contributed by atoms with Crippen LogP contribution in [0.1, 0.15) is 31.5 Å². The Hall–Kier alpha value is -1.43. The van der Waals surface area contributed by atoms with E-state index in [1.807, 2.05) is 5.38 Å². The van der Waals surface area contributed by atoms with Gasteiger partial charge in [-0.2, -0.15) is 0 Å². The van der Waals surface area contributed by atoms with Crippen LogP contribution in [0, 0.1) is 0 Å². The second-order valence-electron chi connectivity index (χ2n) is 5.21. The number of hydrogen-bond acceptors (Lipinski definition) is 4. The van der Waals surface area contributed by atoms with Crippen molar-refractivity contribution in [3.05, 3.63) is 16.1 Å². The van der Waals surface area contributed by atoms with Crippen LogP contribution in [0.25, 0.3) is 0 Å². The fourth-order valence-electron chi connectivity index (χ4n) is 1.31. The summed E-state index contributed by atoms with van der Waals surface area (Å²) < 4.78 is 0. The molecule has 18 heavy (non-hydrogen) atoms. The Morgan fingerprint density at radius 2 is 2.06 bits per heavy atom. The minimum absolute atomic E-state index is 0.0288. The number of carboxylic acids is 1. The van der Waals surface area contributed by atoms with Crippen molar-refractivity contribution < 1.29 is 14.7 Å². The number of amides is 1. The number of hydrogen-bond donors (Lipinski definition) is 1. The summed E-state index contributed by atoms with van der Waals surface area (Å²) in [6, 6.07) is 0. The lowest BCUT2D eigenvalue weighted by Gasteiger charge is -2.14. The number of carbonyl (C=O) groups is 2. The van der Waals surface area contributed by atoms with E-state index in [-0.39, 0.29) is 24.3 Å². The van der Waals surface area contributed by atoms with Crippen molar-refractivity contribution >= 4 is 23.2 Å². The Bertz CT molecular complexity index is 448. The zero-order valence-electron chi connectivity index (χ0n) is 11.1. The highest BCUT2D eigenvalue weighted by molar-refractivity contribution is 7.09. The highest BCUT2D eigenvalue weighted by atomic mass is 32.1. The molecule has 100 valence electrons. The topological polar surface area (TPSA) is 70.5 Å². The summed E-state index contributed by atoms with van der Waals surface area (Å²) in [6.45, 7) is 5.91. The van der Waals surface area contributed by atoms with Gasteiger partial charge in [0.05, 0.1) is 17.1 Å². The molecule has 1 aromatic heterocycles. The summed E-state index contributed by atoms with van der Waals surface area (Å²) in [5.74, 6) is -1.25. The van der Waals surface area contributed by atoms with E-state index < -0.39 is 5.97 Å². The Morgan fingerprint density at radius 3 is 2.50 bits per heavy atom. The number of aliphatic carboxylic acids is 1. The molecule has 0 spiro atoms. The molecule has 1 aromatic rings. The van der Waals surface area contributed by atoms with Gasteiger partial charge in [0.2, 0.25) is 5.91 Å². The van der Waals surface area contributed by atoms with E-state index in [1.54, 1.807) is 0 Å². The Labute approximate surface area is 110 Å². The smallest absolute Gasteiger partial charge is 0.323 e. The lowest BCUT2D eigenvalue weighted by molar-refractivity contribution is -0.143. The van der Waals surface area contributed by atoms with E-state index >= 15 is 0 Å². The first-order chi connectivity index (χ1) is 8.20. The van der Waals surface area contributed by atoms with Crippen molar-refractivity contribution in [2.24, 2.45) is 0 Å². The third-order valence-electron chi connectivity index (χ3n) is 2.32. The predicted molar refractivity (Wildman–Crippen MR) is 69.8 cm³/mol. The molecule has 0 saturated carbocycles. The van der Waals surface area contributed by atoms with Crippen LogP contribution < -0.4 is 0 Å². The zero-order valence-corrected chi connectivity index (χ0v) is 11.9. The molecule has 1 amide bonds. The van der Waals surface area contributed by atoms with Crippen molar-refractivity contribution in [3.8, 4) is 0 Å². The number of carbonyl (C=O) groups excluding carboxylic acids is 1. The summed E-state index contributed by atoms with van der Waals surface area (Å²) in [4.78, 5) is 27.8. The van der Waals surface area contributed by atoms with E-state index in [0.29, 0.717) is 5.69 Å². The third-order valence-corrected chi connectivity index (χ3v) is 3.64. The van der Waals surface area contributed by atoms with Crippen LogP contribution >= 0.6 is 11.3 Å². The van der Waals surface area contributed by atoms with Gasteiger partial charge in [-0.3, -0.25) is 9.59 Å². The van der Waals surface area contributed by atoms with E-state index in [2.05, 4.69) is 25.8 Å². The number of likely N-dealkylation sites (N-methyl/N-ethyl adjacent to an activating group) is 1. The first kappa shape index (κ1) is 14.6. The van der Waals surface area contributed by atoms with Crippen LogP contribution in [-0.2, 0) is 21.4 Å². The average molecular weight is 270 g/mol. The van der Waals surface area contributed by atoms with Crippen molar-refractivity contribution in [3.63, 3.8) is 0 Å². The van der Waals surface area contributed by atoms with Crippen molar-refractivity contribution in [1.82, 2.24) is 9.88 Å². The molecular formula is C12H18N2O3S. The van der Waals surface area contributed by atoms with E-state index in [1.165, 1.54) is 23.3 Å². The Balaban J connectivity index is 2.65. The molecule has 6 heteroatoms. The molecule has 0 aromatic carbocycles. The number of carboxylic acid groups (broad SMARTS) is 1. The zero-order chi connectivity index (χ0) is 13.9. The van der Waals surface area contributed by atoms with Gasteiger partial charge in [0, 0.05) is 17.8 Å². The average Bonchev–Trinajstić information content (AvgIpc) is 2.64. The Kier molecular flexibility index (Phi) is 4.45. The van der Waals surface area contributed by atoms with E-state index in [0.717, 1.165) is 5.01 Å². The second kappa shape index (κ2) is 5.48. The first-order valence-corrected chi connectivity index (χ1v) is 6.48. The summed E-state index contributed by atoms with van der Waals surface area (Å²) >= 11 is 1.53. The molecule has 0 aliphatic carbocycles. The molecule has 0 bridgehead atoms. The molecule has 1 rings (SSSR count). The number of thiazole rings is 1. The van der Waals surface area contributed by atoms with Crippen LogP contribution in [0.4, 0.5) is 0 Å². The second-order valence-corrected chi connectivity index (χ2v) is 6.07. The molecule has 0 radical (unpaired) electrons. The first-order valence-electron chi connectivity index (χ1n) is 5.61. The van der Waals surface area contributed by atoms with E-state index in [4.69, 9.17) is 5.11 Å². The van der Waals surface area contributed by atoms with Gasteiger partial charge in [0.1, 0.15) is 6.54 Å². The van der Waals surface area contributed by atoms with E-state index in [9.17, 15) is 9.59 Å². The Morgan fingerprint density at radius 1 is 1.44 bits per heavy atom. The van der Waals surface area contributed by atoms with Gasteiger partial charge in [-0.05, 0) is 0 Å². The fourth-order valence-corrected chi connectivity index (χ4v) is 2.22. The maximum atomic E-state index is 11.7. The van der Waals surface area contributed by atoms with Gasteiger partial charge in [0.15, 0.2) is 0 Å². The minimum Gasteiger partial charge on any atom is -0.480 e. The highest BCUT2D eigenvalue weighted by Crippen LogP contribution is 2.25. The molecule has 0 aliphatic rings. The van der Waals surface area contributed by atoms with Gasteiger partial charge >= 0.3 is 5.97 Å². The maximum absolute atomic E-state index is 11.7. The summed E-state index contributed by atoms with van der Waals surface area (Å²) in [7, 11) is 1.48. The fraction of sp³-hybridized carbons (Fsp3) is 0.583. The largest absolute Gasteiger partial charge is 0.480 e. The van der Waals surface area contributed by atoms with Gasteiger partial charge in [-0.15, -0.1) is 11.3 Å². The third kappa shape index (κ3) is 4.10. The summed E-state index contributed by atoms with van der Waals surface area (Å²) in [5, 5.41) is 11.4. The van der Waals surface area contributed by atoms with Gasteiger partial charge in [-0.25, -0.2) is 4.98 Å². The van der Waals surface area contributed by atoms with Gasteiger partial charge < -0.3 is 10.0 Å². The van der Waals surface area contributed by atoms with Crippen molar-refractivity contribution in [1.29, 1.82) is 0 Å². The van der Waals surface area contributed by atoms with Crippen molar-refractivity contribution in [2.75, 3.05) is 13.6 Å².